The van der Waals surface area contributed by atoms with Crippen LogP contribution in [0.5, 0.6) is 0 Å². The minimum absolute atomic E-state index is 0.0184. The fraction of sp³-hybridized carbons (Fsp3) is 0.613. The first-order chi connectivity index (χ1) is 17.3. The first kappa shape index (κ1) is 25.0. The van der Waals surface area contributed by atoms with Gasteiger partial charge in [0.2, 0.25) is 0 Å². The van der Waals surface area contributed by atoms with Gasteiger partial charge in [-0.3, -0.25) is 9.59 Å². The van der Waals surface area contributed by atoms with Crippen molar-refractivity contribution < 1.29 is 28.9 Å². The Morgan fingerprint density at radius 3 is 2.57 bits per heavy atom. The Balaban J connectivity index is 1.47. The molecule has 2 bridgehead atoms. The van der Waals surface area contributed by atoms with Crippen molar-refractivity contribution in [2.24, 2.45) is 34.5 Å². The van der Waals surface area contributed by atoms with Gasteiger partial charge in [-0.15, -0.1) is 0 Å². The summed E-state index contributed by atoms with van der Waals surface area (Å²) in [6.45, 7) is 12.3. The average Bonchev–Trinajstić information content (AvgIpc) is 3.32. The van der Waals surface area contributed by atoms with Crippen LogP contribution in [0.25, 0.3) is 0 Å². The van der Waals surface area contributed by atoms with E-state index in [1.54, 1.807) is 0 Å². The fourth-order valence-corrected chi connectivity index (χ4v) is 8.24. The zero-order chi connectivity index (χ0) is 26.5. The second-order valence-corrected chi connectivity index (χ2v) is 13.0. The highest BCUT2D eigenvalue weighted by Gasteiger charge is 2.77. The SMILES string of the molecule is CC1=C[C@]23C(=O)[C@@H](C=C4COC(C)(C)O[C@H]4[C@]2(O)[C@H]1OC(=O)Cc1ccccc1)C1[C@@H](C[C@H]3C)C1(C)C. The molecule has 4 aliphatic carbocycles. The van der Waals surface area contributed by atoms with Crippen molar-refractivity contribution in [3.05, 3.63) is 59.2 Å². The Labute approximate surface area is 219 Å². The number of hydrogen-bond donors (Lipinski definition) is 1. The molecule has 6 nitrogen and oxygen atoms in total. The highest BCUT2D eigenvalue weighted by Crippen LogP contribution is 2.72. The van der Waals surface area contributed by atoms with Crippen molar-refractivity contribution in [3.63, 3.8) is 0 Å². The quantitative estimate of drug-likeness (QED) is 0.483. The summed E-state index contributed by atoms with van der Waals surface area (Å²) >= 11 is 0. The molecule has 1 aromatic rings. The molecule has 0 amide bonds. The van der Waals surface area contributed by atoms with Gasteiger partial charge < -0.3 is 19.3 Å². The van der Waals surface area contributed by atoms with E-state index in [-0.39, 0.29) is 42.0 Å². The van der Waals surface area contributed by atoms with E-state index in [9.17, 15) is 14.7 Å². The zero-order valence-corrected chi connectivity index (χ0v) is 22.6. The first-order valence-corrected chi connectivity index (χ1v) is 13.5. The number of benzene rings is 1. The monoisotopic (exact) mass is 506 g/mol. The highest BCUT2D eigenvalue weighted by atomic mass is 16.7. The Hall–Kier alpha value is -2.28. The van der Waals surface area contributed by atoms with E-state index in [0.717, 1.165) is 17.6 Å². The van der Waals surface area contributed by atoms with Crippen LogP contribution in [0.4, 0.5) is 0 Å². The maximum absolute atomic E-state index is 14.7. The predicted molar refractivity (Wildman–Crippen MR) is 137 cm³/mol. The van der Waals surface area contributed by atoms with E-state index >= 15 is 0 Å². The number of hydrogen-bond acceptors (Lipinski definition) is 6. The van der Waals surface area contributed by atoms with Gasteiger partial charge in [-0.2, -0.15) is 0 Å². The number of ether oxygens (including phenoxy) is 3. The number of fused-ring (bicyclic) bond motifs is 5. The molecule has 1 spiro atoms. The van der Waals surface area contributed by atoms with Crippen LogP contribution in [-0.4, -0.2) is 47.1 Å². The van der Waals surface area contributed by atoms with Crippen molar-refractivity contribution in [1.29, 1.82) is 0 Å². The van der Waals surface area contributed by atoms with Gasteiger partial charge >= 0.3 is 5.97 Å². The van der Waals surface area contributed by atoms with Gasteiger partial charge in [0.15, 0.2) is 23.3 Å². The third kappa shape index (κ3) is 3.34. The van der Waals surface area contributed by atoms with E-state index in [2.05, 4.69) is 20.8 Å². The molecular weight excluding hydrogens is 468 g/mol. The van der Waals surface area contributed by atoms with Gasteiger partial charge in [-0.25, -0.2) is 0 Å². The summed E-state index contributed by atoms with van der Waals surface area (Å²) in [4.78, 5) is 27.9. The third-order valence-corrected chi connectivity index (χ3v) is 10.1. The maximum atomic E-state index is 14.7. The number of allylic oxidation sites excluding steroid dienone is 1. The fourth-order valence-electron chi connectivity index (χ4n) is 8.24. The topological polar surface area (TPSA) is 82.1 Å². The summed E-state index contributed by atoms with van der Waals surface area (Å²) in [5.74, 6) is -1.28. The van der Waals surface area contributed by atoms with Crippen molar-refractivity contribution in [1.82, 2.24) is 0 Å². The second-order valence-electron chi connectivity index (χ2n) is 13.0. The lowest BCUT2D eigenvalue weighted by molar-refractivity contribution is -0.304. The molecule has 6 rings (SSSR count). The molecule has 6 heteroatoms. The summed E-state index contributed by atoms with van der Waals surface area (Å²) in [5, 5.41) is 13.0. The molecule has 0 radical (unpaired) electrons. The Bertz CT molecular complexity index is 1210. The summed E-state index contributed by atoms with van der Waals surface area (Å²) < 4.78 is 18.6. The van der Waals surface area contributed by atoms with Gasteiger partial charge in [0.1, 0.15) is 6.10 Å². The molecule has 198 valence electrons. The molecule has 5 aliphatic rings. The van der Waals surface area contributed by atoms with Crippen LogP contribution < -0.4 is 0 Å². The smallest absolute Gasteiger partial charge is 0.310 e. The normalized spacial score (nSPS) is 42.7. The van der Waals surface area contributed by atoms with Crippen molar-refractivity contribution >= 4 is 11.8 Å². The van der Waals surface area contributed by atoms with E-state index in [4.69, 9.17) is 14.2 Å². The molecule has 0 aromatic heterocycles. The molecule has 8 atom stereocenters. The van der Waals surface area contributed by atoms with Crippen LogP contribution in [0.15, 0.2) is 53.6 Å². The highest BCUT2D eigenvalue weighted by molar-refractivity contribution is 5.95. The maximum Gasteiger partial charge on any atom is 0.310 e. The number of rotatable bonds is 3. The lowest BCUT2D eigenvalue weighted by atomic mass is 9.59. The molecular formula is C31H38O6. The molecule has 2 saturated carbocycles. The molecule has 1 aliphatic heterocycles. The van der Waals surface area contributed by atoms with Crippen LogP contribution in [0.3, 0.4) is 0 Å². The number of ketones is 1. The molecule has 1 heterocycles. The Morgan fingerprint density at radius 1 is 1.16 bits per heavy atom. The third-order valence-electron chi connectivity index (χ3n) is 10.1. The first-order valence-electron chi connectivity index (χ1n) is 13.5. The standard InChI is InChI=1S/C31H38O6/c1-17-15-30-18(2)12-22-24(28(22,3)4)21(25(30)33)14-20-16-35-29(5,6)37-27(20)31(30,34)26(17)36-23(32)13-19-10-8-7-9-11-19/h7-11,14-15,18,21-22,24,26-27,34H,12-13,16H2,1-6H3/t18-,21+,22-,24?,26+,27-,30+,31-/m1/s1. The van der Waals surface area contributed by atoms with Gasteiger partial charge in [-0.05, 0) is 67.1 Å². The summed E-state index contributed by atoms with van der Waals surface area (Å²) in [6, 6.07) is 9.41. The Morgan fingerprint density at radius 2 is 1.86 bits per heavy atom. The minimum atomic E-state index is -1.78. The van der Waals surface area contributed by atoms with Gasteiger partial charge in [0.25, 0.3) is 0 Å². The Kier molecular flexibility index (Phi) is 5.32. The summed E-state index contributed by atoms with van der Waals surface area (Å²) in [5.41, 5.74) is -0.640. The number of carbonyl (C=O) groups excluding carboxylic acids is 2. The molecule has 37 heavy (non-hydrogen) atoms. The summed E-state index contributed by atoms with van der Waals surface area (Å²) in [6.07, 6.45) is 3.02. The predicted octanol–water partition coefficient (Wildman–Crippen LogP) is 4.41. The van der Waals surface area contributed by atoms with Gasteiger partial charge in [0, 0.05) is 5.92 Å². The largest absolute Gasteiger partial charge is 0.454 e. The zero-order valence-electron chi connectivity index (χ0n) is 22.6. The van der Waals surface area contributed by atoms with Crippen molar-refractivity contribution in [2.75, 3.05) is 6.61 Å². The van der Waals surface area contributed by atoms with E-state index < -0.39 is 35.0 Å². The van der Waals surface area contributed by atoms with Crippen LogP contribution in [0.1, 0.15) is 53.5 Å². The summed E-state index contributed by atoms with van der Waals surface area (Å²) in [7, 11) is 0. The van der Waals surface area contributed by atoms with Crippen molar-refractivity contribution in [2.45, 2.75) is 78.0 Å². The van der Waals surface area contributed by atoms with Crippen LogP contribution in [0, 0.1) is 34.5 Å². The molecule has 1 unspecified atom stereocenters. The van der Waals surface area contributed by atoms with Gasteiger partial charge in [-0.1, -0.05) is 63.3 Å². The number of esters is 1. The molecule has 3 fully saturated rings. The average molecular weight is 507 g/mol. The van der Waals surface area contributed by atoms with Crippen LogP contribution >= 0.6 is 0 Å². The number of carbonyl (C=O) groups is 2. The number of Topliss-reactive ketones (excluding diaryl/α,β-unsaturated/α-hetero) is 1. The lowest BCUT2D eigenvalue weighted by Crippen LogP contribution is -2.68. The number of aliphatic hydroxyl groups is 1. The minimum Gasteiger partial charge on any atom is -0.454 e. The van der Waals surface area contributed by atoms with Gasteiger partial charge in [0.05, 0.1) is 18.4 Å². The molecule has 1 aromatic carbocycles. The van der Waals surface area contributed by atoms with E-state index in [1.807, 2.05) is 63.3 Å². The van der Waals surface area contributed by atoms with E-state index in [1.165, 1.54) is 0 Å². The molecule has 1 N–H and O–H groups in total. The van der Waals surface area contributed by atoms with Crippen LogP contribution in [-0.2, 0) is 30.2 Å². The van der Waals surface area contributed by atoms with E-state index in [0.29, 0.717) is 11.5 Å². The van der Waals surface area contributed by atoms with Crippen molar-refractivity contribution in [3.8, 4) is 0 Å². The second kappa shape index (κ2) is 7.87. The van der Waals surface area contributed by atoms with Crippen LogP contribution in [0.2, 0.25) is 0 Å². The molecule has 1 saturated heterocycles. The lowest BCUT2D eigenvalue weighted by Gasteiger charge is -2.52.